The normalized spacial score (nSPS) is 11.3. The predicted molar refractivity (Wildman–Crippen MR) is 117 cm³/mol. The molecule has 0 aliphatic rings. The van der Waals surface area contributed by atoms with Crippen molar-refractivity contribution in [2.75, 3.05) is 12.4 Å². The number of carbonyl (C=O) groups is 1. The van der Waals surface area contributed by atoms with Gasteiger partial charge in [-0.3, -0.25) is 4.79 Å². The Balaban J connectivity index is 1.72. The number of nitrogens with zero attached hydrogens (tertiary/aromatic N) is 2. The summed E-state index contributed by atoms with van der Waals surface area (Å²) in [5.41, 5.74) is 0.236. The number of hydrogen-bond donors (Lipinski definition) is 1. The van der Waals surface area contributed by atoms with Crippen molar-refractivity contribution in [1.29, 1.82) is 0 Å². The third kappa shape index (κ3) is 6.27. The van der Waals surface area contributed by atoms with Crippen LogP contribution in [0.25, 0.3) is 0 Å². The molecule has 1 aromatic heterocycles. The minimum atomic E-state index is -4.44. The lowest BCUT2D eigenvalue weighted by Gasteiger charge is -2.12. The molecule has 0 amide bonds. The Morgan fingerprint density at radius 2 is 1.71 bits per heavy atom. The van der Waals surface area contributed by atoms with Crippen molar-refractivity contribution in [3.8, 4) is 11.6 Å². The molecule has 0 aliphatic heterocycles. The lowest BCUT2D eigenvalue weighted by Crippen LogP contribution is -2.09. The summed E-state index contributed by atoms with van der Waals surface area (Å²) in [6.07, 6.45) is -3.11. The first-order valence-electron chi connectivity index (χ1n) is 8.99. The van der Waals surface area contributed by atoms with E-state index >= 15 is 0 Å². The lowest BCUT2D eigenvalue weighted by atomic mass is 10.0. The van der Waals surface area contributed by atoms with Gasteiger partial charge in [0.05, 0.1) is 14.5 Å². The molecule has 3 aromatic rings. The number of hydrogen-bond acceptors (Lipinski definition) is 5. The summed E-state index contributed by atoms with van der Waals surface area (Å²) in [6, 6.07) is 9.88. The highest BCUT2D eigenvalue weighted by Crippen LogP contribution is 2.38. The molecule has 1 heterocycles. The first kappa shape index (κ1) is 23.2. The van der Waals surface area contributed by atoms with Gasteiger partial charge in [0.2, 0.25) is 5.88 Å². The van der Waals surface area contributed by atoms with Gasteiger partial charge in [0.1, 0.15) is 17.9 Å². The third-order valence-electron chi connectivity index (χ3n) is 4.22. The van der Waals surface area contributed by atoms with E-state index in [0.717, 1.165) is 12.1 Å². The largest absolute Gasteiger partial charge is 0.436 e. The maximum atomic E-state index is 12.9. The molecule has 3 rings (SSSR count). The van der Waals surface area contributed by atoms with Gasteiger partial charge in [-0.05, 0) is 61.2 Å². The molecule has 162 valence electrons. The van der Waals surface area contributed by atoms with Crippen LogP contribution in [0.5, 0.6) is 11.6 Å². The van der Waals surface area contributed by atoms with Crippen LogP contribution < -0.4 is 10.1 Å². The Labute approximate surface area is 193 Å². The summed E-state index contributed by atoms with van der Waals surface area (Å²) < 4.78 is 45.6. The number of benzene rings is 2. The molecule has 5 nitrogen and oxygen atoms in total. The van der Waals surface area contributed by atoms with Gasteiger partial charge in [-0.15, -0.1) is 0 Å². The molecule has 0 atom stereocenters. The maximum Gasteiger partial charge on any atom is 0.416 e. The Kier molecular flexibility index (Phi) is 7.32. The zero-order valence-electron chi connectivity index (χ0n) is 16.1. The Morgan fingerprint density at radius 3 is 2.35 bits per heavy atom. The number of ketones is 1. The maximum absolute atomic E-state index is 12.9. The topological polar surface area (TPSA) is 64.1 Å². The van der Waals surface area contributed by atoms with Gasteiger partial charge in [-0.1, -0.05) is 18.2 Å². The molecular weight excluding hydrogens is 543 g/mol. The SMILES string of the molecule is CNc1cc(Oc2c(Br)cc(CC(=O)Cc3cccc(C(F)(F)F)c3)cc2Br)ncn1. The van der Waals surface area contributed by atoms with Crippen molar-refractivity contribution in [1.82, 2.24) is 9.97 Å². The first-order valence-corrected chi connectivity index (χ1v) is 10.6. The average Bonchev–Trinajstić information content (AvgIpc) is 2.70. The van der Waals surface area contributed by atoms with Crippen LogP contribution in [-0.4, -0.2) is 22.8 Å². The van der Waals surface area contributed by atoms with Crippen LogP contribution in [0.2, 0.25) is 0 Å². The first-order chi connectivity index (χ1) is 14.7. The quantitative estimate of drug-likeness (QED) is 0.373. The highest BCUT2D eigenvalue weighted by atomic mass is 79.9. The number of ether oxygens (including phenoxy) is 1. The molecule has 0 saturated carbocycles. The van der Waals surface area contributed by atoms with E-state index in [-0.39, 0.29) is 18.6 Å². The molecule has 31 heavy (non-hydrogen) atoms. The molecule has 0 fully saturated rings. The predicted octanol–water partition coefficient (Wildman–Crippen LogP) is 6.21. The van der Waals surface area contributed by atoms with Crippen LogP contribution >= 0.6 is 31.9 Å². The van der Waals surface area contributed by atoms with Crippen LogP contribution in [0.15, 0.2) is 57.7 Å². The summed E-state index contributed by atoms with van der Waals surface area (Å²) >= 11 is 6.86. The summed E-state index contributed by atoms with van der Waals surface area (Å²) in [6.45, 7) is 0. The van der Waals surface area contributed by atoms with E-state index < -0.39 is 11.7 Å². The summed E-state index contributed by atoms with van der Waals surface area (Å²) in [7, 11) is 1.73. The van der Waals surface area contributed by atoms with E-state index in [1.165, 1.54) is 18.5 Å². The molecule has 0 bridgehead atoms. The van der Waals surface area contributed by atoms with Gasteiger partial charge in [-0.2, -0.15) is 13.2 Å². The molecule has 0 unspecified atom stereocenters. The second-order valence-corrected chi connectivity index (χ2v) is 8.28. The fourth-order valence-corrected chi connectivity index (χ4v) is 4.27. The van der Waals surface area contributed by atoms with Gasteiger partial charge in [0, 0.05) is 26.0 Å². The van der Waals surface area contributed by atoms with Crippen LogP contribution in [0.4, 0.5) is 19.0 Å². The number of alkyl halides is 3. The van der Waals surface area contributed by atoms with Gasteiger partial charge in [0.25, 0.3) is 0 Å². The zero-order chi connectivity index (χ0) is 22.6. The second-order valence-electron chi connectivity index (χ2n) is 6.57. The highest BCUT2D eigenvalue weighted by Gasteiger charge is 2.30. The number of aromatic nitrogens is 2. The number of anilines is 1. The van der Waals surface area contributed by atoms with Gasteiger partial charge in [-0.25, -0.2) is 9.97 Å². The van der Waals surface area contributed by atoms with Gasteiger partial charge < -0.3 is 10.1 Å². The number of rotatable bonds is 7. The third-order valence-corrected chi connectivity index (χ3v) is 5.40. The number of carbonyl (C=O) groups excluding carboxylic acids is 1. The van der Waals surface area contributed by atoms with Crippen LogP contribution in [-0.2, 0) is 23.8 Å². The summed E-state index contributed by atoms with van der Waals surface area (Å²) in [4.78, 5) is 20.5. The molecular formula is C21H16Br2F3N3O2. The zero-order valence-corrected chi connectivity index (χ0v) is 19.3. The van der Waals surface area contributed by atoms with Crippen molar-refractivity contribution in [2.24, 2.45) is 0 Å². The standard InChI is InChI=1S/C21H16Br2F3N3O2/c1-27-18-10-19(29-11-28-18)31-20-16(22)8-13(9-17(20)23)7-15(30)6-12-3-2-4-14(5-12)21(24,25)26/h2-5,8-11H,6-7H2,1H3,(H,27,28,29). The van der Waals surface area contributed by atoms with E-state index in [2.05, 4.69) is 47.1 Å². The fourth-order valence-electron chi connectivity index (χ4n) is 2.82. The lowest BCUT2D eigenvalue weighted by molar-refractivity contribution is -0.137. The van der Waals surface area contributed by atoms with E-state index in [4.69, 9.17) is 4.74 Å². The van der Waals surface area contributed by atoms with Crippen LogP contribution in [0.1, 0.15) is 16.7 Å². The monoisotopic (exact) mass is 557 g/mol. The average molecular weight is 559 g/mol. The minimum Gasteiger partial charge on any atom is -0.436 e. The molecule has 0 radical (unpaired) electrons. The van der Waals surface area contributed by atoms with Gasteiger partial charge >= 0.3 is 6.18 Å². The fraction of sp³-hybridized carbons (Fsp3) is 0.190. The molecule has 10 heteroatoms. The van der Waals surface area contributed by atoms with E-state index in [1.807, 2.05) is 0 Å². The summed E-state index contributed by atoms with van der Waals surface area (Å²) in [5, 5.41) is 2.89. The highest BCUT2D eigenvalue weighted by molar-refractivity contribution is 9.11. The van der Waals surface area contributed by atoms with Crippen molar-refractivity contribution in [3.05, 3.63) is 74.4 Å². The Morgan fingerprint density at radius 1 is 1.03 bits per heavy atom. The Hall–Kier alpha value is -2.46. The van der Waals surface area contributed by atoms with E-state index in [1.54, 1.807) is 25.2 Å². The Bertz CT molecular complexity index is 1080. The number of Topliss-reactive ketones (excluding diaryl/α,β-unsaturated/α-hetero) is 1. The van der Waals surface area contributed by atoms with Crippen molar-refractivity contribution in [2.45, 2.75) is 19.0 Å². The number of nitrogens with one attached hydrogen (secondary N) is 1. The molecule has 2 aromatic carbocycles. The van der Waals surface area contributed by atoms with E-state index in [9.17, 15) is 18.0 Å². The molecule has 1 N–H and O–H groups in total. The molecule has 0 spiro atoms. The smallest absolute Gasteiger partial charge is 0.416 e. The van der Waals surface area contributed by atoms with E-state index in [0.29, 0.717) is 37.5 Å². The minimum absolute atomic E-state index is 0.0607. The van der Waals surface area contributed by atoms with Crippen molar-refractivity contribution < 1.29 is 22.7 Å². The van der Waals surface area contributed by atoms with Crippen LogP contribution in [0.3, 0.4) is 0 Å². The molecule has 0 aliphatic carbocycles. The number of halogens is 5. The summed E-state index contributed by atoms with van der Waals surface area (Å²) in [5.74, 6) is 1.18. The van der Waals surface area contributed by atoms with Crippen LogP contribution in [0, 0.1) is 0 Å². The van der Waals surface area contributed by atoms with Crippen molar-refractivity contribution in [3.63, 3.8) is 0 Å². The molecule has 0 saturated heterocycles. The van der Waals surface area contributed by atoms with Gasteiger partial charge in [0.15, 0.2) is 5.75 Å². The second kappa shape index (κ2) is 9.78. The van der Waals surface area contributed by atoms with Crippen molar-refractivity contribution >= 4 is 43.5 Å².